The van der Waals surface area contributed by atoms with Crippen LogP contribution in [0.1, 0.15) is 32.3 Å². The minimum Gasteiger partial charge on any atom is -0.383 e. The Balaban J connectivity index is 2.85. The fourth-order valence-corrected chi connectivity index (χ4v) is 2.88. The zero-order valence-corrected chi connectivity index (χ0v) is 12.1. The van der Waals surface area contributed by atoms with Gasteiger partial charge in [0.25, 0.3) is 0 Å². The van der Waals surface area contributed by atoms with Crippen LogP contribution in [-0.4, -0.2) is 28.2 Å². The Labute approximate surface area is 109 Å². The van der Waals surface area contributed by atoms with Gasteiger partial charge in [-0.15, -0.1) is 0 Å². The summed E-state index contributed by atoms with van der Waals surface area (Å²) < 4.78 is 31.5. The van der Waals surface area contributed by atoms with Gasteiger partial charge in [-0.3, -0.25) is 0 Å². The fraction of sp³-hybridized carbons (Fsp3) is 0.538. The van der Waals surface area contributed by atoms with E-state index in [1.54, 1.807) is 26.2 Å². The molecule has 1 N–H and O–H groups in total. The summed E-state index contributed by atoms with van der Waals surface area (Å²) in [5.41, 5.74) is 1.12. The van der Waals surface area contributed by atoms with Crippen molar-refractivity contribution in [1.29, 1.82) is 0 Å². The van der Waals surface area contributed by atoms with Crippen LogP contribution in [0.2, 0.25) is 0 Å². The van der Waals surface area contributed by atoms with Crippen LogP contribution >= 0.6 is 0 Å². The summed E-state index contributed by atoms with van der Waals surface area (Å²) in [5, 5.41) is 0. The molecule has 0 aliphatic carbocycles. The van der Waals surface area contributed by atoms with Crippen LogP contribution in [0.5, 0.6) is 0 Å². The Morgan fingerprint density at radius 2 is 1.72 bits per heavy atom. The average Bonchev–Trinajstić information content (AvgIpc) is 2.28. The van der Waals surface area contributed by atoms with E-state index in [2.05, 4.69) is 18.6 Å². The molecule has 4 nitrogen and oxygen atoms in total. The Hall–Kier alpha value is -0.910. The number of nitrogens with one attached hydrogen (secondary N) is 1. The quantitative estimate of drug-likeness (QED) is 0.862. The molecular formula is C13H21NO3S. The van der Waals surface area contributed by atoms with E-state index in [1.807, 2.05) is 12.1 Å². The van der Waals surface area contributed by atoms with Crippen molar-refractivity contribution >= 4 is 10.0 Å². The Kier molecular flexibility index (Phi) is 5.31. The highest BCUT2D eigenvalue weighted by molar-refractivity contribution is 7.89. The average molecular weight is 271 g/mol. The van der Waals surface area contributed by atoms with E-state index in [-0.39, 0.29) is 10.9 Å². The summed E-state index contributed by atoms with van der Waals surface area (Å²) in [6, 6.07) is 6.72. The second-order valence-corrected chi connectivity index (χ2v) is 6.42. The highest BCUT2D eigenvalue weighted by atomic mass is 32.2. The third-order valence-corrected chi connectivity index (χ3v) is 4.24. The van der Waals surface area contributed by atoms with Gasteiger partial charge in [0.15, 0.2) is 0 Å². The summed E-state index contributed by atoms with van der Waals surface area (Å²) in [6.45, 7) is 6.26. The Bertz CT molecular complexity index is 466. The summed E-state index contributed by atoms with van der Waals surface area (Å²) in [5.74, 6) is 0.391. The number of hydrogen-bond donors (Lipinski definition) is 1. The number of hydrogen-bond acceptors (Lipinski definition) is 3. The van der Waals surface area contributed by atoms with Crippen molar-refractivity contribution in [1.82, 2.24) is 4.72 Å². The lowest BCUT2D eigenvalue weighted by Gasteiger charge is -2.13. The molecule has 0 bridgehead atoms. The molecule has 1 atom stereocenters. The van der Waals surface area contributed by atoms with Gasteiger partial charge in [-0.05, 0) is 30.5 Å². The van der Waals surface area contributed by atoms with E-state index in [1.165, 1.54) is 0 Å². The first-order valence-corrected chi connectivity index (χ1v) is 7.46. The monoisotopic (exact) mass is 271 g/mol. The second-order valence-electron chi connectivity index (χ2n) is 4.70. The second kappa shape index (κ2) is 6.31. The maximum Gasteiger partial charge on any atom is 0.240 e. The first-order chi connectivity index (χ1) is 8.36. The molecule has 0 radical (unpaired) electrons. The molecule has 1 aromatic rings. The highest BCUT2D eigenvalue weighted by Gasteiger charge is 2.17. The van der Waals surface area contributed by atoms with Gasteiger partial charge in [0.05, 0.1) is 11.5 Å². The smallest absolute Gasteiger partial charge is 0.240 e. The third kappa shape index (κ3) is 4.08. The Morgan fingerprint density at radius 1 is 1.17 bits per heavy atom. The van der Waals surface area contributed by atoms with Crippen LogP contribution in [0.3, 0.4) is 0 Å². The lowest BCUT2D eigenvalue weighted by molar-refractivity contribution is 0.180. The topological polar surface area (TPSA) is 55.4 Å². The van der Waals surface area contributed by atoms with Crippen LogP contribution in [0.4, 0.5) is 0 Å². The molecule has 0 unspecified atom stereocenters. The van der Waals surface area contributed by atoms with Gasteiger partial charge in [-0.25, -0.2) is 13.1 Å². The maximum absolute atomic E-state index is 12.0. The van der Waals surface area contributed by atoms with Crippen molar-refractivity contribution < 1.29 is 13.2 Å². The zero-order chi connectivity index (χ0) is 13.8. The van der Waals surface area contributed by atoms with Gasteiger partial charge in [0, 0.05) is 13.2 Å². The molecule has 0 amide bonds. The molecule has 0 aliphatic rings. The number of benzene rings is 1. The van der Waals surface area contributed by atoms with Gasteiger partial charge in [-0.1, -0.05) is 26.0 Å². The van der Waals surface area contributed by atoms with Crippen molar-refractivity contribution in [3.8, 4) is 0 Å². The van der Waals surface area contributed by atoms with E-state index in [4.69, 9.17) is 4.74 Å². The molecule has 0 aliphatic heterocycles. The van der Waals surface area contributed by atoms with Gasteiger partial charge in [-0.2, -0.15) is 0 Å². The van der Waals surface area contributed by atoms with Crippen molar-refractivity contribution in [2.75, 3.05) is 13.7 Å². The SMILES string of the molecule is COC[C@H](C)NS(=O)(=O)c1ccc(C(C)C)cc1. The van der Waals surface area contributed by atoms with Crippen LogP contribution in [0.25, 0.3) is 0 Å². The van der Waals surface area contributed by atoms with Crippen LogP contribution in [0.15, 0.2) is 29.2 Å². The standard InChI is InChI=1S/C13H21NO3S/c1-10(2)12-5-7-13(8-6-12)18(15,16)14-11(3)9-17-4/h5-8,10-11,14H,9H2,1-4H3/t11-/m0/s1. The maximum atomic E-state index is 12.0. The zero-order valence-electron chi connectivity index (χ0n) is 11.3. The lowest BCUT2D eigenvalue weighted by Crippen LogP contribution is -2.35. The number of ether oxygens (including phenoxy) is 1. The highest BCUT2D eigenvalue weighted by Crippen LogP contribution is 2.17. The first-order valence-electron chi connectivity index (χ1n) is 5.98. The minimum absolute atomic E-state index is 0.246. The van der Waals surface area contributed by atoms with Crippen LogP contribution in [-0.2, 0) is 14.8 Å². The molecule has 0 heterocycles. The molecule has 18 heavy (non-hydrogen) atoms. The molecule has 0 aromatic heterocycles. The third-order valence-electron chi connectivity index (χ3n) is 2.63. The molecule has 5 heteroatoms. The van der Waals surface area contributed by atoms with Gasteiger partial charge in [0.2, 0.25) is 10.0 Å². The van der Waals surface area contributed by atoms with Gasteiger partial charge >= 0.3 is 0 Å². The molecular weight excluding hydrogens is 250 g/mol. The molecule has 102 valence electrons. The molecule has 1 aromatic carbocycles. The molecule has 0 saturated heterocycles. The predicted molar refractivity (Wildman–Crippen MR) is 72.2 cm³/mol. The van der Waals surface area contributed by atoms with Crippen LogP contribution < -0.4 is 4.72 Å². The van der Waals surface area contributed by atoms with E-state index < -0.39 is 10.0 Å². The van der Waals surface area contributed by atoms with Crippen molar-refractivity contribution in [3.63, 3.8) is 0 Å². The van der Waals surface area contributed by atoms with Crippen molar-refractivity contribution in [2.24, 2.45) is 0 Å². The fourth-order valence-electron chi connectivity index (χ4n) is 1.65. The largest absolute Gasteiger partial charge is 0.383 e. The van der Waals surface area contributed by atoms with E-state index in [9.17, 15) is 8.42 Å². The van der Waals surface area contributed by atoms with Gasteiger partial charge in [0.1, 0.15) is 0 Å². The molecule has 0 fully saturated rings. The molecule has 1 rings (SSSR count). The normalized spacial score (nSPS) is 13.8. The van der Waals surface area contributed by atoms with E-state index >= 15 is 0 Å². The van der Waals surface area contributed by atoms with E-state index in [0.29, 0.717) is 12.5 Å². The summed E-state index contributed by atoms with van der Waals surface area (Å²) in [6.07, 6.45) is 0. The first kappa shape index (κ1) is 15.1. The Morgan fingerprint density at radius 3 is 2.17 bits per heavy atom. The summed E-state index contributed by atoms with van der Waals surface area (Å²) >= 11 is 0. The van der Waals surface area contributed by atoms with Gasteiger partial charge < -0.3 is 4.74 Å². The molecule has 0 spiro atoms. The number of rotatable bonds is 6. The lowest BCUT2D eigenvalue weighted by atomic mass is 10.0. The van der Waals surface area contributed by atoms with Crippen LogP contribution in [0, 0.1) is 0 Å². The number of methoxy groups -OCH3 is 1. The summed E-state index contributed by atoms with van der Waals surface area (Å²) in [4.78, 5) is 0.287. The predicted octanol–water partition coefficient (Wildman–Crippen LogP) is 2.12. The minimum atomic E-state index is -3.45. The number of sulfonamides is 1. The molecule has 0 saturated carbocycles. The summed E-state index contributed by atoms with van der Waals surface area (Å²) in [7, 11) is -1.91. The van der Waals surface area contributed by atoms with Crippen molar-refractivity contribution in [2.45, 2.75) is 37.6 Å². The van der Waals surface area contributed by atoms with Crippen molar-refractivity contribution in [3.05, 3.63) is 29.8 Å². The van der Waals surface area contributed by atoms with E-state index in [0.717, 1.165) is 5.56 Å².